The van der Waals surface area contributed by atoms with Crippen LogP contribution in [-0.2, 0) is 0 Å². The van der Waals surface area contributed by atoms with Gasteiger partial charge in [0, 0.05) is 46.4 Å². The molecule has 1 aliphatic rings. The van der Waals surface area contributed by atoms with Crippen molar-refractivity contribution >= 4 is 23.1 Å². The van der Waals surface area contributed by atoms with Crippen LogP contribution in [0.25, 0.3) is 0 Å². The number of hydrogen-bond donors (Lipinski definition) is 1. The minimum atomic E-state index is 0.420. The number of nitrogens with two attached hydrogens (primary N) is 1. The Bertz CT molecular complexity index is 375. The summed E-state index contributed by atoms with van der Waals surface area (Å²) in [5.41, 5.74) is 7.47. The zero-order valence-corrected chi connectivity index (χ0v) is 12.5. The quantitative estimate of drug-likeness (QED) is 0.916. The maximum absolute atomic E-state index is 6.02. The fraction of sp³-hybridized carbons (Fsp3) is 0.692. The first-order valence-electron chi connectivity index (χ1n) is 6.24. The van der Waals surface area contributed by atoms with E-state index in [1.54, 1.807) is 0 Å². The van der Waals surface area contributed by atoms with E-state index in [0.717, 1.165) is 11.8 Å². The average Bonchev–Trinajstić information content (AvgIpc) is 2.59. The predicted molar refractivity (Wildman–Crippen MR) is 79.1 cm³/mol. The molecule has 2 unspecified atom stereocenters. The minimum absolute atomic E-state index is 0.420. The van der Waals surface area contributed by atoms with Gasteiger partial charge in [-0.2, -0.15) is 11.8 Å². The van der Waals surface area contributed by atoms with Crippen molar-refractivity contribution in [3.05, 3.63) is 21.4 Å². The molecule has 2 atom stereocenters. The average molecular weight is 270 g/mol. The molecule has 2 rings (SSSR count). The maximum atomic E-state index is 6.02. The van der Waals surface area contributed by atoms with Crippen LogP contribution in [0.2, 0.25) is 0 Å². The lowest BCUT2D eigenvalue weighted by Crippen LogP contribution is -2.42. The zero-order valence-electron chi connectivity index (χ0n) is 10.9. The Kier molecular flexibility index (Phi) is 4.53. The van der Waals surface area contributed by atoms with E-state index in [0.29, 0.717) is 6.04 Å². The summed E-state index contributed by atoms with van der Waals surface area (Å²) < 4.78 is 0. The van der Waals surface area contributed by atoms with Crippen LogP contribution in [-0.4, -0.2) is 35.5 Å². The Labute approximate surface area is 113 Å². The third-order valence-corrected chi connectivity index (χ3v) is 5.49. The van der Waals surface area contributed by atoms with E-state index < -0.39 is 0 Å². The van der Waals surface area contributed by atoms with Crippen molar-refractivity contribution in [2.75, 3.05) is 25.4 Å². The van der Waals surface area contributed by atoms with Crippen LogP contribution < -0.4 is 5.73 Å². The highest BCUT2D eigenvalue weighted by atomic mass is 32.2. The molecule has 0 spiro atoms. The van der Waals surface area contributed by atoms with E-state index in [1.165, 1.54) is 34.2 Å². The van der Waals surface area contributed by atoms with Crippen LogP contribution in [0.15, 0.2) is 6.07 Å². The number of thiophene rings is 1. The Morgan fingerprint density at radius 2 is 2.29 bits per heavy atom. The van der Waals surface area contributed by atoms with Gasteiger partial charge in [0.25, 0.3) is 0 Å². The molecular formula is C13H22N2S2. The van der Waals surface area contributed by atoms with Gasteiger partial charge in [-0.25, -0.2) is 0 Å². The van der Waals surface area contributed by atoms with E-state index >= 15 is 0 Å². The van der Waals surface area contributed by atoms with Crippen molar-refractivity contribution in [2.45, 2.75) is 32.1 Å². The molecule has 96 valence electrons. The summed E-state index contributed by atoms with van der Waals surface area (Å²) in [5, 5.41) is 0.734. The van der Waals surface area contributed by atoms with Crippen LogP contribution in [0.4, 0.5) is 0 Å². The molecule has 0 aliphatic carbocycles. The monoisotopic (exact) mass is 270 g/mol. The number of rotatable bonds is 3. The fourth-order valence-corrected chi connectivity index (χ4v) is 4.60. The lowest BCUT2D eigenvalue weighted by atomic mass is 10.1. The SMILES string of the molecule is Cc1cc(C(CN)N2CCSC(C)C2)c(C)s1. The van der Waals surface area contributed by atoms with E-state index in [4.69, 9.17) is 5.73 Å². The molecule has 0 amide bonds. The summed E-state index contributed by atoms with van der Waals surface area (Å²) >= 11 is 3.96. The second-order valence-corrected chi connectivity index (χ2v) is 7.80. The van der Waals surface area contributed by atoms with Gasteiger partial charge < -0.3 is 5.73 Å². The third kappa shape index (κ3) is 3.05. The predicted octanol–water partition coefficient (Wildman–Crippen LogP) is 2.80. The van der Waals surface area contributed by atoms with Crippen molar-refractivity contribution in [2.24, 2.45) is 5.73 Å². The Hall–Kier alpha value is -0.0300. The Morgan fingerprint density at radius 1 is 1.53 bits per heavy atom. The molecule has 1 fully saturated rings. The van der Waals surface area contributed by atoms with Gasteiger partial charge in [0.2, 0.25) is 0 Å². The molecule has 2 N–H and O–H groups in total. The van der Waals surface area contributed by atoms with Crippen molar-refractivity contribution in [1.29, 1.82) is 0 Å². The van der Waals surface area contributed by atoms with E-state index in [9.17, 15) is 0 Å². The zero-order chi connectivity index (χ0) is 12.4. The highest BCUT2D eigenvalue weighted by Crippen LogP contribution is 2.32. The highest BCUT2D eigenvalue weighted by molar-refractivity contribution is 7.99. The van der Waals surface area contributed by atoms with Crippen molar-refractivity contribution in [1.82, 2.24) is 4.90 Å². The smallest absolute Gasteiger partial charge is 0.0482 e. The summed E-state index contributed by atoms with van der Waals surface area (Å²) in [5.74, 6) is 1.24. The van der Waals surface area contributed by atoms with Crippen molar-refractivity contribution in [3.63, 3.8) is 0 Å². The van der Waals surface area contributed by atoms with Crippen LogP contribution in [0.3, 0.4) is 0 Å². The van der Waals surface area contributed by atoms with E-state index in [-0.39, 0.29) is 0 Å². The molecule has 1 aromatic rings. The summed E-state index contributed by atoms with van der Waals surface area (Å²) in [4.78, 5) is 5.40. The van der Waals surface area contributed by atoms with E-state index in [1.807, 2.05) is 11.3 Å². The van der Waals surface area contributed by atoms with Crippen LogP contribution in [0, 0.1) is 13.8 Å². The molecule has 0 radical (unpaired) electrons. The second-order valence-electron chi connectivity index (χ2n) is 4.80. The number of aryl methyl sites for hydroxylation is 2. The lowest BCUT2D eigenvalue weighted by Gasteiger charge is -2.36. The van der Waals surface area contributed by atoms with Gasteiger partial charge in [-0.1, -0.05) is 6.92 Å². The summed E-state index contributed by atoms with van der Waals surface area (Å²) in [6.45, 7) is 9.79. The van der Waals surface area contributed by atoms with Gasteiger partial charge in [-0.3, -0.25) is 4.90 Å². The molecular weight excluding hydrogens is 248 g/mol. The largest absolute Gasteiger partial charge is 0.329 e. The van der Waals surface area contributed by atoms with Gasteiger partial charge in [0.1, 0.15) is 0 Å². The number of nitrogens with zero attached hydrogens (tertiary/aromatic N) is 1. The third-order valence-electron chi connectivity index (χ3n) is 3.37. The van der Waals surface area contributed by atoms with Gasteiger partial charge >= 0.3 is 0 Å². The maximum Gasteiger partial charge on any atom is 0.0482 e. The minimum Gasteiger partial charge on any atom is -0.329 e. The summed E-state index contributed by atoms with van der Waals surface area (Å²) in [6.07, 6.45) is 0. The fourth-order valence-electron chi connectivity index (χ4n) is 2.58. The second kappa shape index (κ2) is 5.74. The molecule has 0 bridgehead atoms. The van der Waals surface area contributed by atoms with Crippen molar-refractivity contribution < 1.29 is 0 Å². The molecule has 1 aliphatic heterocycles. The lowest BCUT2D eigenvalue weighted by molar-refractivity contribution is 0.211. The molecule has 2 heterocycles. The molecule has 1 saturated heterocycles. The van der Waals surface area contributed by atoms with Crippen molar-refractivity contribution in [3.8, 4) is 0 Å². The normalized spacial score (nSPS) is 23.9. The van der Waals surface area contributed by atoms with E-state index in [2.05, 4.69) is 43.5 Å². The van der Waals surface area contributed by atoms with Gasteiger partial charge in [0.05, 0.1) is 0 Å². The number of thioether (sulfide) groups is 1. The topological polar surface area (TPSA) is 29.3 Å². The molecule has 4 heteroatoms. The molecule has 1 aromatic heterocycles. The van der Waals surface area contributed by atoms with Gasteiger partial charge in [-0.05, 0) is 25.5 Å². The van der Waals surface area contributed by atoms with Crippen LogP contribution in [0.5, 0.6) is 0 Å². The standard InChI is InChI=1S/C13H22N2S2/c1-9-6-12(11(3)17-9)13(7-14)15-4-5-16-10(2)8-15/h6,10,13H,4-5,7-8,14H2,1-3H3. The summed E-state index contributed by atoms with van der Waals surface area (Å²) in [7, 11) is 0. The first kappa shape index (κ1) is 13.4. The number of hydrogen-bond acceptors (Lipinski definition) is 4. The highest BCUT2D eigenvalue weighted by Gasteiger charge is 2.26. The molecule has 0 saturated carbocycles. The van der Waals surface area contributed by atoms with Gasteiger partial charge in [-0.15, -0.1) is 11.3 Å². The first-order valence-corrected chi connectivity index (χ1v) is 8.11. The first-order chi connectivity index (χ1) is 8.11. The molecule has 0 aromatic carbocycles. The van der Waals surface area contributed by atoms with Crippen LogP contribution in [0.1, 0.15) is 28.3 Å². The van der Waals surface area contributed by atoms with Gasteiger partial charge in [0.15, 0.2) is 0 Å². The van der Waals surface area contributed by atoms with Crippen LogP contribution >= 0.6 is 23.1 Å². The Morgan fingerprint density at radius 3 is 2.82 bits per heavy atom. The Balaban J connectivity index is 2.18. The molecule has 2 nitrogen and oxygen atoms in total. The summed E-state index contributed by atoms with van der Waals surface area (Å²) in [6, 6.07) is 2.74. The molecule has 17 heavy (non-hydrogen) atoms.